The lowest BCUT2D eigenvalue weighted by molar-refractivity contribution is -0.140. The molecule has 88 valence electrons. The third-order valence-corrected chi connectivity index (χ3v) is 1.91. The van der Waals surface area contributed by atoms with E-state index in [1.54, 1.807) is 0 Å². The fourth-order valence-electron chi connectivity index (χ4n) is 1.01. The largest absolute Gasteiger partial charge is 0.480 e. The highest BCUT2D eigenvalue weighted by molar-refractivity contribution is 5.94. The third-order valence-electron chi connectivity index (χ3n) is 1.91. The molecular weight excluding hydrogens is 226 g/mol. The van der Waals surface area contributed by atoms with Gasteiger partial charge in [-0.2, -0.15) is 5.26 Å². The van der Waals surface area contributed by atoms with E-state index in [2.05, 4.69) is 10.3 Å². The van der Waals surface area contributed by atoms with Gasteiger partial charge in [-0.25, -0.2) is 9.78 Å². The first-order chi connectivity index (χ1) is 8.08. The van der Waals surface area contributed by atoms with Crippen LogP contribution >= 0.6 is 0 Å². The molecule has 0 bridgehead atoms. The van der Waals surface area contributed by atoms with Crippen molar-refractivity contribution in [1.29, 1.82) is 5.26 Å². The number of nitrogens with one attached hydrogen (secondary N) is 1. The molecule has 0 aliphatic heterocycles. The van der Waals surface area contributed by atoms with Gasteiger partial charge >= 0.3 is 5.97 Å². The molecule has 0 unspecified atom stereocenters. The molecule has 0 radical (unpaired) electrons. The van der Waals surface area contributed by atoms with E-state index < -0.39 is 24.5 Å². The molecule has 1 heterocycles. The van der Waals surface area contributed by atoms with Gasteiger partial charge in [0.2, 0.25) is 0 Å². The Hall–Kier alpha value is -2.46. The Balaban J connectivity index is 2.76. The highest BCUT2D eigenvalue weighted by atomic mass is 16.4. The topological polar surface area (TPSA) is 123 Å². The molecule has 0 aromatic carbocycles. The quantitative estimate of drug-likeness (QED) is 0.623. The highest BCUT2D eigenvalue weighted by Crippen LogP contribution is 1.99. The second-order valence-electron chi connectivity index (χ2n) is 3.09. The van der Waals surface area contributed by atoms with Crippen molar-refractivity contribution < 1.29 is 19.8 Å². The van der Waals surface area contributed by atoms with Gasteiger partial charge in [0.05, 0.1) is 12.2 Å². The summed E-state index contributed by atoms with van der Waals surface area (Å²) in [5.74, 6) is -2.06. The number of carbonyl (C=O) groups is 2. The summed E-state index contributed by atoms with van der Waals surface area (Å²) < 4.78 is 0. The van der Waals surface area contributed by atoms with Crippen LogP contribution in [-0.4, -0.2) is 39.7 Å². The van der Waals surface area contributed by atoms with E-state index in [0.29, 0.717) is 5.56 Å². The molecule has 1 amide bonds. The molecule has 1 aromatic heterocycles. The lowest BCUT2D eigenvalue weighted by Crippen LogP contribution is -2.43. The molecule has 1 atom stereocenters. The van der Waals surface area contributed by atoms with Gasteiger partial charge in [0.15, 0.2) is 6.04 Å². The van der Waals surface area contributed by atoms with E-state index in [0.717, 1.165) is 0 Å². The molecule has 0 aliphatic carbocycles. The molecule has 17 heavy (non-hydrogen) atoms. The number of aromatic nitrogens is 1. The first-order valence-electron chi connectivity index (χ1n) is 4.59. The fraction of sp³-hybridized carbons (Fsp3) is 0.200. The maximum Gasteiger partial charge on any atom is 0.328 e. The van der Waals surface area contributed by atoms with Gasteiger partial charge in [0.1, 0.15) is 11.8 Å². The number of pyridine rings is 1. The van der Waals surface area contributed by atoms with Crippen molar-refractivity contribution in [2.75, 3.05) is 6.61 Å². The van der Waals surface area contributed by atoms with E-state index in [-0.39, 0.29) is 5.69 Å². The summed E-state index contributed by atoms with van der Waals surface area (Å²) in [6.45, 7) is -0.711. The molecule has 1 rings (SSSR count). The Morgan fingerprint density at radius 2 is 2.24 bits per heavy atom. The Morgan fingerprint density at radius 1 is 1.53 bits per heavy atom. The molecule has 0 aliphatic rings. The predicted molar refractivity (Wildman–Crippen MR) is 54.9 cm³/mol. The van der Waals surface area contributed by atoms with E-state index in [1.807, 2.05) is 6.07 Å². The number of nitriles is 1. The molecule has 1 aromatic rings. The van der Waals surface area contributed by atoms with Gasteiger partial charge in [-0.05, 0) is 12.1 Å². The van der Waals surface area contributed by atoms with Crippen LogP contribution in [0.25, 0.3) is 0 Å². The number of aliphatic carboxylic acids is 1. The third kappa shape index (κ3) is 3.25. The van der Waals surface area contributed by atoms with Crippen LogP contribution in [0.3, 0.4) is 0 Å². The van der Waals surface area contributed by atoms with Crippen LogP contribution < -0.4 is 5.32 Å². The van der Waals surface area contributed by atoms with Crippen LogP contribution in [0.1, 0.15) is 16.1 Å². The number of carbonyl (C=O) groups excluding carboxylic acids is 1. The number of amides is 1. The first kappa shape index (κ1) is 12.6. The minimum atomic E-state index is -1.38. The summed E-state index contributed by atoms with van der Waals surface area (Å²) in [6.07, 6.45) is 1.20. The van der Waals surface area contributed by atoms with E-state index in [4.69, 9.17) is 15.5 Å². The normalized spacial score (nSPS) is 11.3. The predicted octanol–water partition coefficient (Wildman–Crippen LogP) is -0.871. The highest BCUT2D eigenvalue weighted by Gasteiger charge is 2.19. The molecule has 0 saturated heterocycles. The number of nitrogens with zero attached hydrogens (tertiary/aromatic N) is 2. The first-order valence-corrected chi connectivity index (χ1v) is 4.59. The fourth-order valence-corrected chi connectivity index (χ4v) is 1.01. The zero-order valence-corrected chi connectivity index (χ0v) is 8.62. The summed E-state index contributed by atoms with van der Waals surface area (Å²) in [7, 11) is 0. The van der Waals surface area contributed by atoms with Crippen LogP contribution in [-0.2, 0) is 4.79 Å². The second kappa shape index (κ2) is 5.58. The molecule has 7 heteroatoms. The summed E-state index contributed by atoms with van der Waals surface area (Å²) in [5.41, 5.74) is 0.266. The van der Waals surface area contributed by atoms with Crippen molar-refractivity contribution in [3.05, 3.63) is 29.6 Å². The summed E-state index contributed by atoms with van der Waals surface area (Å²) in [4.78, 5) is 25.7. The average molecular weight is 235 g/mol. The molecular formula is C10H9N3O4. The summed E-state index contributed by atoms with van der Waals surface area (Å²) >= 11 is 0. The standard InChI is InChI=1S/C10H9N3O4/c11-3-6-1-2-7(12-4-6)9(15)13-8(5-14)10(16)17/h1-2,4,8,14H,5H2,(H,13,15)(H,16,17)/t8-/m1/s1. The van der Waals surface area contributed by atoms with E-state index in [9.17, 15) is 9.59 Å². The van der Waals surface area contributed by atoms with Gasteiger partial charge in [0.25, 0.3) is 5.91 Å². The Kier molecular flexibility index (Phi) is 4.14. The monoisotopic (exact) mass is 235 g/mol. The average Bonchev–Trinajstić information content (AvgIpc) is 2.35. The second-order valence-corrected chi connectivity index (χ2v) is 3.09. The van der Waals surface area contributed by atoms with Crippen LogP contribution in [0.5, 0.6) is 0 Å². The van der Waals surface area contributed by atoms with Gasteiger partial charge in [-0.3, -0.25) is 4.79 Å². The SMILES string of the molecule is N#Cc1ccc(C(=O)N[C@H](CO)C(=O)O)nc1. The number of aliphatic hydroxyl groups excluding tert-OH is 1. The minimum absolute atomic E-state index is 0.0244. The van der Waals surface area contributed by atoms with Crippen molar-refractivity contribution in [2.24, 2.45) is 0 Å². The minimum Gasteiger partial charge on any atom is -0.480 e. The molecule has 0 spiro atoms. The lowest BCUT2D eigenvalue weighted by atomic mass is 10.2. The molecule has 0 saturated carbocycles. The van der Waals surface area contributed by atoms with Crippen molar-refractivity contribution in [3.8, 4) is 6.07 Å². The van der Waals surface area contributed by atoms with Crippen molar-refractivity contribution in [1.82, 2.24) is 10.3 Å². The smallest absolute Gasteiger partial charge is 0.328 e. The number of hydrogen-bond acceptors (Lipinski definition) is 5. The van der Waals surface area contributed by atoms with Crippen molar-refractivity contribution in [3.63, 3.8) is 0 Å². The van der Waals surface area contributed by atoms with Gasteiger partial charge < -0.3 is 15.5 Å². The van der Waals surface area contributed by atoms with E-state index in [1.165, 1.54) is 18.3 Å². The molecule has 7 nitrogen and oxygen atoms in total. The van der Waals surface area contributed by atoms with Crippen LogP contribution in [0, 0.1) is 11.3 Å². The van der Waals surface area contributed by atoms with Crippen LogP contribution in [0.4, 0.5) is 0 Å². The summed E-state index contributed by atoms with van der Waals surface area (Å²) in [5, 5.41) is 27.9. The summed E-state index contributed by atoms with van der Waals surface area (Å²) in [6, 6.07) is 3.14. The van der Waals surface area contributed by atoms with Crippen molar-refractivity contribution in [2.45, 2.75) is 6.04 Å². The Morgan fingerprint density at radius 3 is 2.65 bits per heavy atom. The maximum absolute atomic E-state index is 11.5. The molecule has 0 fully saturated rings. The van der Waals surface area contributed by atoms with E-state index >= 15 is 0 Å². The Labute approximate surface area is 96.3 Å². The Bertz CT molecular complexity index is 463. The van der Waals surface area contributed by atoms with Gasteiger partial charge in [-0.1, -0.05) is 0 Å². The number of carboxylic acid groups (broad SMARTS) is 1. The lowest BCUT2D eigenvalue weighted by Gasteiger charge is -2.10. The van der Waals surface area contributed by atoms with Crippen LogP contribution in [0.15, 0.2) is 18.3 Å². The molecule has 3 N–H and O–H groups in total. The number of hydrogen-bond donors (Lipinski definition) is 3. The van der Waals surface area contributed by atoms with Crippen molar-refractivity contribution >= 4 is 11.9 Å². The van der Waals surface area contributed by atoms with Gasteiger partial charge in [-0.15, -0.1) is 0 Å². The zero-order valence-electron chi connectivity index (χ0n) is 8.62. The van der Waals surface area contributed by atoms with Gasteiger partial charge in [0, 0.05) is 6.20 Å². The maximum atomic E-state index is 11.5. The number of aliphatic hydroxyl groups is 1. The number of carboxylic acids is 1. The van der Waals surface area contributed by atoms with Crippen LogP contribution in [0.2, 0.25) is 0 Å². The zero-order chi connectivity index (χ0) is 12.8. The number of rotatable bonds is 4.